The molecule has 0 bridgehead atoms. The van der Waals surface area contributed by atoms with E-state index < -0.39 is 11.0 Å². The van der Waals surface area contributed by atoms with Gasteiger partial charge in [0.25, 0.3) is 11.6 Å². The number of nitrogen functional groups attached to an aromatic ring is 1. The summed E-state index contributed by atoms with van der Waals surface area (Å²) in [4.78, 5) is 24.3. The fourth-order valence-corrected chi connectivity index (χ4v) is 2.21. The lowest BCUT2D eigenvalue weighted by Crippen LogP contribution is -2.52. The van der Waals surface area contributed by atoms with Gasteiger partial charge < -0.3 is 20.5 Å². The minimum absolute atomic E-state index is 0.0137. The summed E-state index contributed by atoms with van der Waals surface area (Å²) in [5.41, 5.74) is 5.44. The van der Waals surface area contributed by atoms with Gasteiger partial charge in [-0.25, -0.2) is 0 Å². The summed E-state index contributed by atoms with van der Waals surface area (Å²) in [7, 11) is 0. The van der Waals surface area contributed by atoms with Crippen LogP contribution < -0.4 is 5.73 Å². The van der Waals surface area contributed by atoms with Crippen molar-refractivity contribution in [1.82, 2.24) is 4.90 Å². The van der Waals surface area contributed by atoms with Gasteiger partial charge in [0.1, 0.15) is 5.69 Å². The zero-order valence-electron chi connectivity index (χ0n) is 11.6. The summed E-state index contributed by atoms with van der Waals surface area (Å²) in [6, 6.07) is 3.81. The van der Waals surface area contributed by atoms with Crippen molar-refractivity contribution in [1.29, 1.82) is 0 Å². The molecule has 1 aromatic carbocycles. The summed E-state index contributed by atoms with van der Waals surface area (Å²) < 4.78 is 5.36. The number of ether oxygens (including phenoxy) is 1. The van der Waals surface area contributed by atoms with Crippen LogP contribution in [0.2, 0.25) is 0 Å². The largest absolute Gasteiger partial charge is 0.394 e. The molecule has 1 aliphatic rings. The van der Waals surface area contributed by atoms with Crippen LogP contribution >= 0.6 is 0 Å². The van der Waals surface area contributed by atoms with Crippen LogP contribution in [0.4, 0.5) is 11.4 Å². The van der Waals surface area contributed by atoms with Crippen LogP contribution in [0.15, 0.2) is 18.2 Å². The molecule has 1 heterocycles. The number of hydrogen-bond acceptors (Lipinski definition) is 6. The van der Waals surface area contributed by atoms with E-state index in [1.54, 1.807) is 4.90 Å². The van der Waals surface area contributed by atoms with E-state index in [9.17, 15) is 14.9 Å². The molecule has 1 amide bonds. The van der Waals surface area contributed by atoms with Crippen LogP contribution in [-0.2, 0) is 4.74 Å². The highest BCUT2D eigenvalue weighted by molar-refractivity contribution is 5.96. The summed E-state index contributed by atoms with van der Waals surface area (Å²) in [5.74, 6) is -0.340. The Morgan fingerprint density at radius 3 is 2.95 bits per heavy atom. The molecule has 8 heteroatoms. The second-order valence-electron chi connectivity index (χ2n) is 4.98. The van der Waals surface area contributed by atoms with Crippen molar-refractivity contribution < 1.29 is 19.6 Å². The molecular formula is C13H17N3O5. The van der Waals surface area contributed by atoms with E-state index in [1.165, 1.54) is 18.2 Å². The zero-order chi connectivity index (χ0) is 15.6. The number of nitrogens with zero attached hydrogens (tertiary/aromatic N) is 2. The Hall–Kier alpha value is -2.19. The van der Waals surface area contributed by atoms with Crippen LogP contribution in [0.5, 0.6) is 0 Å². The van der Waals surface area contributed by atoms with Crippen molar-refractivity contribution in [2.75, 3.05) is 25.5 Å². The molecule has 1 saturated heterocycles. The van der Waals surface area contributed by atoms with Gasteiger partial charge in [-0.15, -0.1) is 0 Å². The van der Waals surface area contributed by atoms with Crippen LogP contribution in [0.1, 0.15) is 17.3 Å². The summed E-state index contributed by atoms with van der Waals surface area (Å²) in [6.07, 6.45) is -0.436. The van der Waals surface area contributed by atoms with Gasteiger partial charge in [-0.2, -0.15) is 0 Å². The SMILES string of the molecule is CC1COC(CO)CN1C(=O)c1ccc(N)c([N+](=O)[O-])c1. The molecule has 21 heavy (non-hydrogen) atoms. The lowest BCUT2D eigenvalue weighted by Gasteiger charge is -2.37. The number of aliphatic hydroxyl groups is 1. The van der Waals surface area contributed by atoms with Gasteiger partial charge in [0.2, 0.25) is 0 Å². The van der Waals surface area contributed by atoms with E-state index in [4.69, 9.17) is 15.6 Å². The third-order valence-electron chi connectivity index (χ3n) is 3.44. The molecule has 2 rings (SSSR count). The van der Waals surface area contributed by atoms with Crippen LogP contribution in [0.3, 0.4) is 0 Å². The molecule has 0 aromatic heterocycles. The van der Waals surface area contributed by atoms with Crippen LogP contribution in [-0.4, -0.2) is 52.7 Å². The van der Waals surface area contributed by atoms with E-state index in [0.29, 0.717) is 6.61 Å². The Kier molecular flexibility index (Phi) is 4.39. The molecule has 1 aromatic rings. The molecule has 2 atom stereocenters. The minimum atomic E-state index is -0.620. The van der Waals surface area contributed by atoms with E-state index in [-0.39, 0.29) is 42.0 Å². The Morgan fingerprint density at radius 2 is 2.33 bits per heavy atom. The fraction of sp³-hybridized carbons (Fsp3) is 0.462. The average Bonchev–Trinajstić information content (AvgIpc) is 2.47. The van der Waals surface area contributed by atoms with E-state index >= 15 is 0 Å². The number of nitrogens with two attached hydrogens (primary N) is 1. The van der Waals surface area contributed by atoms with Gasteiger partial charge >= 0.3 is 0 Å². The number of nitro groups is 1. The molecular weight excluding hydrogens is 278 g/mol. The first-order valence-electron chi connectivity index (χ1n) is 6.51. The lowest BCUT2D eigenvalue weighted by molar-refractivity contribution is -0.383. The van der Waals surface area contributed by atoms with Crippen molar-refractivity contribution in [3.05, 3.63) is 33.9 Å². The van der Waals surface area contributed by atoms with Crippen molar-refractivity contribution in [3.63, 3.8) is 0 Å². The molecule has 0 saturated carbocycles. The predicted octanol–water partition coefficient (Wildman–Crippen LogP) is 0.399. The highest BCUT2D eigenvalue weighted by Crippen LogP contribution is 2.24. The summed E-state index contributed by atoms with van der Waals surface area (Å²) in [6.45, 7) is 2.19. The zero-order valence-corrected chi connectivity index (χ0v) is 11.6. The third kappa shape index (κ3) is 3.11. The number of hydrogen-bond donors (Lipinski definition) is 2. The number of amides is 1. The van der Waals surface area contributed by atoms with Gasteiger partial charge in [-0.05, 0) is 19.1 Å². The van der Waals surface area contributed by atoms with Crippen molar-refractivity contribution in [3.8, 4) is 0 Å². The van der Waals surface area contributed by atoms with E-state index in [1.807, 2.05) is 6.92 Å². The van der Waals surface area contributed by atoms with Gasteiger partial charge in [-0.3, -0.25) is 14.9 Å². The normalized spacial score (nSPS) is 22.1. The standard InChI is InChI=1S/C13H17N3O5/c1-8-7-21-10(6-17)5-15(8)13(18)9-2-3-11(14)12(4-9)16(19)20/h2-4,8,10,17H,5-7,14H2,1H3. The monoisotopic (exact) mass is 295 g/mol. The second kappa shape index (κ2) is 6.06. The molecule has 114 valence electrons. The highest BCUT2D eigenvalue weighted by Gasteiger charge is 2.30. The number of nitro benzene ring substituents is 1. The number of aliphatic hydroxyl groups excluding tert-OH is 1. The summed E-state index contributed by atoms with van der Waals surface area (Å²) in [5, 5.41) is 20.0. The van der Waals surface area contributed by atoms with Gasteiger partial charge in [0, 0.05) is 18.2 Å². The Labute approximate surface area is 121 Å². The number of carbonyl (C=O) groups is 1. The maximum absolute atomic E-state index is 12.5. The molecule has 0 radical (unpaired) electrons. The number of rotatable bonds is 3. The van der Waals surface area contributed by atoms with Crippen LogP contribution in [0, 0.1) is 10.1 Å². The maximum Gasteiger partial charge on any atom is 0.292 e. The summed E-state index contributed by atoms with van der Waals surface area (Å²) >= 11 is 0. The molecule has 0 aliphatic carbocycles. The van der Waals surface area contributed by atoms with Gasteiger partial charge in [-0.1, -0.05) is 0 Å². The second-order valence-corrected chi connectivity index (χ2v) is 4.98. The fourth-order valence-electron chi connectivity index (χ4n) is 2.21. The quantitative estimate of drug-likeness (QED) is 0.473. The third-order valence-corrected chi connectivity index (χ3v) is 3.44. The molecule has 2 unspecified atom stereocenters. The number of carbonyl (C=O) groups excluding carboxylic acids is 1. The predicted molar refractivity (Wildman–Crippen MR) is 74.8 cm³/mol. The highest BCUT2D eigenvalue weighted by atomic mass is 16.6. The smallest absolute Gasteiger partial charge is 0.292 e. The topological polar surface area (TPSA) is 119 Å². The van der Waals surface area contributed by atoms with E-state index in [2.05, 4.69) is 0 Å². The Morgan fingerprint density at radius 1 is 1.62 bits per heavy atom. The first kappa shape index (κ1) is 15.2. The van der Waals surface area contributed by atoms with Crippen molar-refractivity contribution in [2.24, 2.45) is 0 Å². The first-order chi connectivity index (χ1) is 9.93. The average molecular weight is 295 g/mol. The molecule has 1 fully saturated rings. The lowest BCUT2D eigenvalue weighted by atomic mass is 10.1. The Balaban J connectivity index is 2.26. The molecule has 8 nitrogen and oxygen atoms in total. The van der Waals surface area contributed by atoms with E-state index in [0.717, 1.165) is 0 Å². The first-order valence-corrected chi connectivity index (χ1v) is 6.51. The number of morpholine rings is 1. The molecule has 0 spiro atoms. The van der Waals surface area contributed by atoms with Crippen molar-refractivity contribution >= 4 is 17.3 Å². The van der Waals surface area contributed by atoms with Gasteiger partial charge in [0.15, 0.2) is 0 Å². The number of benzene rings is 1. The number of anilines is 1. The molecule has 3 N–H and O–H groups in total. The van der Waals surface area contributed by atoms with Gasteiger partial charge in [0.05, 0.1) is 30.3 Å². The Bertz CT molecular complexity index is 563. The maximum atomic E-state index is 12.5. The molecule has 1 aliphatic heterocycles. The minimum Gasteiger partial charge on any atom is -0.394 e. The van der Waals surface area contributed by atoms with Crippen LogP contribution in [0.25, 0.3) is 0 Å². The van der Waals surface area contributed by atoms with Crippen molar-refractivity contribution in [2.45, 2.75) is 19.1 Å².